The van der Waals surface area contributed by atoms with Crippen LogP contribution in [-0.4, -0.2) is 55.2 Å². The molecule has 1 amide bonds. The van der Waals surface area contributed by atoms with E-state index in [1.165, 1.54) is 11.3 Å². The standard InChI is InChI=1S/C18H19ClN4O2S/c19-14-3-1-13(2-4-14)16-12-26-18(22-16)15(11-20)17(24)21-5-6-23-7-9-25-10-8-23/h1-4,12,15H,5-10H2,(H,21,24). The molecule has 0 bridgehead atoms. The van der Waals surface area contributed by atoms with E-state index in [0.29, 0.717) is 16.6 Å². The van der Waals surface area contributed by atoms with E-state index < -0.39 is 5.92 Å². The Morgan fingerprint density at radius 1 is 1.38 bits per heavy atom. The Balaban J connectivity index is 1.58. The number of carbonyl (C=O) groups excluding carboxylic acids is 1. The van der Waals surface area contributed by atoms with E-state index in [9.17, 15) is 10.1 Å². The quantitative estimate of drug-likeness (QED) is 0.819. The Kier molecular flexibility index (Phi) is 6.58. The number of amides is 1. The van der Waals surface area contributed by atoms with Gasteiger partial charge in [0.1, 0.15) is 5.01 Å². The van der Waals surface area contributed by atoms with E-state index in [0.717, 1.165) is 44.1 Å². The summed E-state index contributed by atoms with van der Waals surface area (Å²) in [5.41, 5.74) is 1.64. The summed E-state index contributed by atoms with van der Waals surface area (Å²) >= 11 is 7.22. The van der Waals surface area contributed by atoms with Crippen LogP contribution in [0.5, 0.6) is 0 Å². The summed E-state index contributed by atoms with van der Waals surface area (Å²) in [6, 6.07) is 9.37. The minimum Gasteiger partial charge on any atom is -0.379 e. The van der Waals surface area contributed by atoms with Crippen molar-refractivity contribution in [1.82, 2.24) is 15.2 Å². The van der Waals surface area contributed by atoms with E-state index in [2.05, 4.69) is 21.3 Å². The summed E-state index contributed by atoms with van der Waals surface area (Å²) < 4.78 is 5.30. The molecule has 0 spiro atoms. The van der Waals surface area contributed by atoms with Crippen LogP contribution in [0, 0.1) is 11.3 Å². The van der Waals surface area contributed by atoms with Crippen LogP contribution in [0.15, 0.2) is 29.6 Å². The highest BCUT2D eigenvalue weighted by Gasteiger charge is 2.24. The maximum atomic E-state index is 12.4. The number of nitrogens with zero attached hydrogens (tertiary/aromatic N) is 3. The minimum atomic E-state index is -0.897. The zero-order chi connectivity index (χ0) is 18.4. The fourth-order valence-corrected chi connectivity index (χ4v) is 3.66. The van der Waals surface area contributed by atoms with Gasteiger partial charge in [-0.1, -0.05) is 23.7 Å². The van der Waals surface area contributed by atoms with Crippen molar-refractivity contribution in [3.05, 3.63) is 39.7 Å². The molecule has 1 saturated heterocycles. The van der Waals surface area contributed by atoms with Gasteiger partial charge >= 0.3 is 0 Å². The highest BCUT2D eigenvalue weighted by atomic mass is 35.5. The van der Waals surface area contributed by atoms with E-state index in [1.54, 1.807) is 12.1 Å². The average Bonchev–Trinajstić information content (AvgIpc) is 3.13. The summed E-state index contributed by atoms with van der Waals surface area (Å²) in [5, 5.41) is 15.3. The van der Waals surface area contributed by atoms with Crippen LogP contribution in [0.4, 0.5) is 0 Å². The molecule has 1 unspecified atom stereocenters. The van der Waals surface area contributed by atoms with Gasteiger partial charge in [-0.25, -0.2) is 4.98 Å². The van der Waals surface area contributed by atoms with Gasteiger partial charge in [0, 0.05) is 42.1 Å². The van der Waals surface area contributed by atoms with Gasteiger partial charge in [-0.05, 0) is 12.1 Å². The molecule has 3 rings (SSSR count). The van der Waals surface area contributed by atoms with Crippen LogP contribution < -0.4 is 5.32 Å². The van der Waals surface area contributed by atoms with Gasteiger partial charge in [0.25, 0.3) is 0 Å². The van der Waals surface area contributed by atoms with Gasteiger partial charge in [-0.2, -0.15) is 5.26 Å². The number of nitrogens with one attached hydrogen (secondary N) is 1. The number of thiazole rings is 1. The van der Waals surface area contributed by atoms with Crippen LogP contribution in [0.25, 0.3) is 11.3 Å². The predicted octanol–water partition coefficient (Wildman–Crippen LogP) is 2.52. The third-order valence-electron chi connectivity index (χ3n) is 4.13. The Labute approximate surface area is 161 Å². The lowest BCUT2D eigenvalue weighted by Crippen LogP contribution is -2.42. The second-order valence-electron chi connectivity index (χ2n) is 5.89. The summed E-state index contributed by atoms with van der Waals surface area (Å²) in [6.07, 6.45) is 0. The Bertz CT molecular complexity index is 781. The van der Waals surface area contributed by atoms with Crippen molar-refractivity contribution in [2.75, 3.05) is 39.4 Å². The zero-order valence-electron chi connectivity index (χ0n) is 14.2. The van der Waals surface area contributed by atoms with Crippen molar-refractivity contribution in [3.8, 4) is 17.3 Å². The Morgan fingerprint density at radius 2 is 2.12 bits per heavy atom. The first-order valence-corrected chi connectivity index (χ1v) is 9.62. The molecule has 2 aromatic rings. The highest BCUT2D eigenvalue weighted by Crippen LogP contribution is 2.27. The molecule has 2 heterocycles. The minimum absolute atomic E-state index is 0.308. The molecule has 0 saturated carbocycles. The molecule has 8 heteroatoms. The number of morpholine rings is 1. The summed E-state index contributed by atoms with van der Waals surface area (Å²) in [6.45, 7) is 4.44. The summed E-state index contributed by atoms with van der Waals surface area (Å²) in [5.74, 6) is -1.21. The van der Waals surface area contributed by atoms with Gasteiger partial charge in [0.2, 0.25) is 5.91 Å². The van der Waals surface area contributed by atoms with Crippen molar-refractivity contribution >= 4 is 28.8 Å². The maximum absolute atomic E-state index is 12.4. The summed E-state index contributed by atoms with van der Waals surface area (Å²) in [4.78, 5) is 19.1. The predicted molar refractivity (Wildman–Crippen MR) is 101 cm³/mol. The lowest BCUT2D eigenvalue weighted by molar-refractivity contribution is -0.121. The lowest BCUT2D eigenvalue weighted by Gasteiger charge is -2.26. The molecule has 1 aliphatic rings. The number of halogens is 1. The topological polar surface area (TPSA) is 78.2 Å². The number of hydrogen-bond donors (Lipinski definition) is 1. The van der Waals surface area contributed by atoms with E-state index in [-0.39, 0.29) is 5.91 Å². The van der Waals surface area contributed by atoms with Crippen molar-refractivity contribution in [1.29, 1.82) is 5.26 Å². The van der Waals surface area contributed by atoms with Gasteiger partial charge in [0.15, 0.2) is 5.92 Å². The fourth-order valence-electron chi connectivity index (χ4n) is 2.66. The molecular formula is C18H19ClN4O2S. The molecule has 0 radical (unpaired) electrons. The molecule has 1 aliphatic heterocycles. The molecule has 136 valence electrons. The largest absolute Gasteiger partial charge is 0.379 e. The van der Waals surface area contributed by atoms with Crippen LogP contribution in [-0.2, 0) is 9.53 Å². The molecule has 6 nitrogen and oxygen atoms in total. The lowest BCUT2D eigenvalue weighted by atomic mass is 10.1. The number of aromatic nitrogens is 1. The van der Waals surface area contributed by atoms with Crippen LogP contribution in [0.1, 0.15) is 10.9 Å². The smallest absolute Gasteiger partial charge is 0.244 e. The molecule has 26 heavy (non-hydrogen) atoms. The monoisotopic (exact) mass is 390 g/mol. The molecule has 1 aromatic heterocycles. The zero-order valence-corrected chi connectivity index (χ0v) is 15.7. The third-order valence-corrected chi connectivity index (χ3v) is 5.29. The third kappa shape index (κ3) is 4.80. The number of rotatable bonds is 6. The van der Waals surface area contributed by atoms with Crippen LogP contribution in [0.2, 0.25) is 5.02 Å². The van der Waals surface area contributed by atoms with Crippen molar-refractivity contribution in [2.24, 2.45) is 0 Å². The van der Waals surface area contributed by atoms with Gasteiger partial charge in [-0.15, -0.1) is 11.3 Å². The Hall–Kier alpha value is -1.98. The van der Waals surface area contributed by atoms with Crippen LogP contribution >= 0.6 is 22.9 Å². The SMILES string of the molecule is N#CC(C(=O)NCCN1CCOCC1)c1nc(-c2ccc(Cl)cc2)cs1. The number of benzene rings is 1. The van der Waals surface area contributed by atoms with Crippen LogP contribution in [0.3, 0.4) is 0 Å². The fraction of sp³-hybridized carbons (Fsp3) is 0.389. The van der Waals surface area contributed by atoms with E-state index in [4.69, 9.17) is 16.3 Å². The molecule has 1 aromatic carbocycles. The summed E-state index contributed by atoms with van der Waals surface area (Å²) in [7, 11) is 0. The molecule has 1 atom stereocenters. The number of carbonyl (C=O) groups is 1. The average molecular weight is 391 g/mol. The first kappa shape index (κ1) is 18.8. The number of ether oxygens (including phenoxy) is 1. The molecule has 1 N–H and O–H groups in total. The first-order valence-electron chi connectivity index (χ1n) is 8.36. The molecule has 1 fully saturated rings. The second-order valence-corrected chi connectivity index (χ2v) is 7.21. The van der Waals surface area contributed by atoms with Gasteiger partial charge in [-0.3, -0.25) is 9.69 Å². The van der Waals surface area contributed by atoms with E-state index in [1.807, 2.05) is 17.5 Å². The number of nitriles is 1. The van der Waals surface area contributed by atoms with Crippen molar-refractivity contribution in [2.45, 2.75) is 5.92 Å². The van der Waals surface area contributed by atoms with Crippen molar-refractivity contribution < 1.29 is 9.53 Å². The van der Waals surface area contributed by atoms with Gasteiger partial charge < -0.3 is 10.1 Å². The highest BCUT2D eigenvalue weighted by molar-refractivity contribution is 7.10. The van der Waals surface area contributed by atoms with Crippen molar-refractivity contribution in [3.63, 3.8) is 0 Å². The second kappa shape index (κ2) is 9.10. The number of hydrogen-bond acceptors (Lipinski definition) is 6. The normalized spacial score (nSPS) is 16.0. The maximum Gasteiger partial charge on any atom is 0.244 e. The van der Waals surface area contributed by atoms with E-state index >= 15 is 0 Å². The molecular weight excluding hydrogens is 372 g/mol. The molecule has 0 aliphatic carbocycles. The first-order chi connectivity index (χ1) is 12.7. The Morgan fingerprint density at radius 3 is 2.81 bits per heavy atom. The van der Waals surface area contributed by atoms with Gasteiger partial charge in [0.05, 0.1) is 25.0 Å².